The predicted octanol–water partition coefficient (Wildman–Crippen LogP) is 8.17. The Kier molecular flexibility index (Phi) is 18.1. The number of nitrogens with zero attached hydrogens (tertiary/aromatic N) is 2. The van der Waals surface area contributed by atoms with Crippen LogP contribution >= 0.6 is 23.2 Å². The Labute approximate surface area is 212 Å². The lowest BCUT2D eigenvalue weighted by atomic mass is 10.0. The molecule has 3 nitrogen and oxygen atoms in total. The second kappa shape index (κ2) is 17.8. The summed E-state index contributed by atoms with van der Waals surface area (Å²) in [5, 5.41) is 0. The maximum Gasteiger partial charge on any atom is 0.198 e. The fourth-order valence-corrected chi connectivity index (χ4v) is 4.57. The first-order chi connectivity index (χ1) is 14.9. The van der Waals surface area contributed by atoms with E-state index in [1.807, 2.05) is 0 Å². The molecule has 0 N–H and O–H groups in total. The molecule has 0 fully saturated rings. The van der Waals surface area contributed by atoms with E-state index < -0.39 is 0 Å². The Morgan fingerprint density at radius 3 is 1.19 bits per heavy atom. The van der Waals surface area contributed by atoms with Crippen LogP contribution in [0.3, 0.4) is 0 Å². The van der Waals surface area contributed by atoms with Gasteiger partial charge in [0.1, 0.15) is 0 Å². The first kappa shape index (κ1) is 32.5. The third-order valence-electron chi connectivity index (χ3n) is 6.38. The summed E-state index contributed by atoms with van der Waals surface area (Å²) in [6.07, 6.45) is 20.5. The zero-order valence-electron chi connectivity index (χ0n) is 23.0. The van der Waals surface area contributed by atoms with Crippen LogP contribution in [-0.4, -0.2) is 74.5 Å². The summed E-state index contributed by atoms with van der Waals surface area (Å²) in [5.41, 5.74) is -0.373. The molecule has 0 aromatic heterocycles. The molecule has 0 amide bonds. The molecule has 0 aromatic rings. The maximum absolute atomic E-state index is 6.81. The lowest BCUT2D eigenvalue weighted by Crippen LogP contribution is -2.59. The second-order valence-electron chi connectivity index (χ2n) is 11.8. The lowest BCUT2D eigenvalue weighted by molar-refractivity contribution is -0.910. The van der Waals surface area contributed by atoms with Crippen molar-refractivity contribution in [2.45, 2.75) is 133 Å². The van der Waals surface area contributed by atoms with Crippen LogP contribution in [0.25, 0.3) is 0 Å². The minimum absolute atomic E-state index is 0.179. The van der Waals surface area contributed by atoms with E-state index in [4.69, 9.17) is 27.9 Å². The quantitative estimate of drug-likeness (QED) is 0.0672. The van der Waals surface area contributed by atoms with Gasteiger partial charge in [-0.3, -0.25) is 0 Å². The maximum atomic E-state index is 6.81. The van der Waals surface area contributed by atoms with E-state index in [1.54, 1.807) is 0 Å². The largest absolute Gasteiger partial charge is 0.360 e. The predicted molar refractivity (Wildman–Crippen MR) is 145 cm³/mol. The van der Waals surface area contributed by atoms with Crippen molar-refractivity contribution >= 4 is 23.2 Å². The van der Waals surface area contributed by atoms with Crippen molar-refractivity contribution in [1.29, 1.82) is 0 Å². The summed E-state index contributed by atoms with van der Waals surface area (Å²) < 4.78 is 7.70. The molecule has 0 rings (SSSR count). The molecule has 0 heterocycles. The minimum Gasteiger partial charge on any atom is -0.360 e. The first-order valence-electron chi connectivity index (χ1n) is 13.5. The average Bonchev–Trinajstić information content (AvgIpc) is 2.69. The Balaban J connectivity index is 3.96. The van der Waals surface area contributed by atoms with E-state index in [2.05, 4.69) is 56.1 Å². The first-order valence-corrected chi connectivity index (χ1v) is 14.3. The normalized spacial score (nSPS) is 16.7. The molecule has 32 heavy (non-hydrogen) atoms. The number of alkyl halides is 2. The molecular formula is C27H58Cl2N2O+2. The van der Waals surface area contributed by atoms with Gasteiger partial charge >= 0.3 is 0 Å². The number of quaternary nitrogens is 2. The van der Waals surface area contributed by atoms with E-state index in [0.717, 1.165) is 6.42 Å². The second-order valence-corrected chi connectivity index (χ2v) is 12.7. The molecule has 0 spiro atoms. The summed E-state index contributed by atoms with van der Waals surface area (Å²) in [7, 11) is 12.6. The van der Waals surface area contributed by atoms with Gasteiger partial charge in [-0.1, -0.05) is 120 Å². The Hall–Kier alpha value is 0.460. The van der Waals surface area contributed by atoms with Crippen molar-refractivity contribution in [1.82, 2.24) is 0 Å². The van der Waals surface area contributed by atoms with Crippen molar-refractivity contribution < 1.29 is 13.7 Å². The molecule has 3 unspecified atom stereocenters. The number of rotatable bonds is 21. The zero-order valence-corrected chi connectivity index (χ0v) is 24.5. The standard InChI is InChI=1S/C27H58Cl2N2O/c1-9-10-11-12-13-14-15-16-17-18-19-20-21-22-23-24(2)32-25(26(28)30(3,4)5)27(29)31(6,7)8/h24-27H,9-23H2,1-8H3/q+2. The number of hydrogen-bond acceptors (Lipinski definition) is 1. The molecule has 0 bridgehead atoms. The highest BCUT2D eigenvalue weighted by molar-refractivity contribution is 6.23. The van der Waals surface area contributed by atoms with E-state index in [-0.39, 0.29) is 23.2 Å². The van der Waals surface area contributed by atoms with Gasteiger partial charge in [-0.25, -0.2) is 0 Å². The van der Waals surface area contributed by atoms with Gasteiger partial charge in [-0.15, -0.1) is 0 Å². The molecule has 0 aliphatic carbocycles. The van der Waals surface area contributed by atoms with Gasteiger partial charge in [0.2, 0.25) is 0 Å². The monoisotopic (exact) mass is 496 g/mol. The van der Waals surface area contributed by atoms with Crippen LogP contribution in [0.4, 0.5) is 0 Å². The highest BCUT2D eigenvalue weighted by Gasteiger charge is 2.43. The summed E-state index contributed by atoms with van der Waals surface area (Å²) in [6, 6.07) is 0. The molecule has 194 valence electrons. The molecule has 0 saturated carbocycles. The van der Waals surface area contributed by atoms with Crippen LogP contribution in [-0.2, 0) is 4.74 Å². The van der Waals surface area contributed by atoms with Crippen molar-refractivity contribution in [2.75, 3.05) is 42.3 Å². The number of hydrogen-bond donors (Lipinski definition) is 0. The molecule has 0 aliphatic heterocycles. The van der Waals surface area contributed by atoms with Crippen LogP contribution < -0.4 is 0 Å². The van der Waals surface area contributed by atoms with Crippen LogP contribution in [0, 0.1) is 0 Å². The van der Waals surface area contributed by atoms with Crippen molar-refractivity contribution in [3.63, 3.8) is 0 Å². The molecule has 3 atom stereocenters. The smallest absolute Gasteiger partial charge is 0.198 e. The highest BCUT2D eigenvalue weighted by Crippen LogP contribution is 2.27. The lowest BCUT2D eigenvalue weighted by Gasteiger charge is -2.41. The number of unbranched alkanes of at least 4 members (excludes halogenated alkanes) is 13. The fraction of sp³-hybridized carbons (Fsp3) is 1.00. The molecule has 5 heteroatoms. The summed E-state index contributed by atoms with van der Waals surface area (Å²) in [6.45, 7) is 4.46. The van der Waals surface area contributed by atoms with E-state index >= 15 is 0 Å². The fourth-order valence-electron chi connectivity index (χ4n) is 4.10. The van der Waals surface area contributed by atoms with Gasteiger partial charge in [0.05, 0.1) is 48.4 Å². The van der Waals surface area contributed by atoms with Crippen LogP contribution in [0.15, 0.2) is 0 Å². The van der Waals surface area contributed by atoms with Gasteiger partial charge in [0.15, 0.2) is 17.1 Å². The van der Waals surface area contributed by atoms with Gasteiger partial charge in [-0.2, -0.15) is 0 Å². The zero-order chi connectivity index (χ0) is 24.6. The third-order valence-corrected chi connectivity index (χ3v) is 8.04. The van der Waals surface area contributed by atoms with Crippen LogP contribution in [0.5, 0.6) is 0 Å². The number of likely N-dealkylation sites (N-methyl/N-ethyl adjacent to an activating group) is 2. The van der Waals surface area contributed by atoms with E-state index in [1.165, 1.54) is 89.9 Å². The summed E-state index contributed by atoms with van der Waals surface area (Å²) in [5.74, 6) is 0. The van der Waals surface area contributed by atoms with Gasteiger partial charge < -0.3 is 13.7 Å². The minimum atomic E-state index is -0.194. The van der Waals surface area contributed by atoms with Gasteiger partial charge in [-0.05, 0) is 13.3 Å². The summed E-state index contributed by atoms with van der Waals surface area (Å²) in [4.78, 5) is 0. The Morgan fingerprint density at radius 2 is 0.875 bits per heavy atom. The SMILES string of the molecule is CCCCCCCCCCCCCCCCC(C)OC(C(Cl)[N+](C)(C)C)C(Cl)[N+](C)(C)C. The van der Waals surface area contributed by atoms with Gasteiger partial charge in [0, 0.05) is 0 Å². The third kappa shape index (κ3) is 16.1. The topological polar surface area (TPSA) is 9.23 Å². The highest BCUT2D eigenvalue weighted by atomic mass is 35.5. The molecular weight excluding hydrogens is 439 g/mol. The van der Waals surface area contributed by atoms with Gasteiger partial charge in [0.25, 0.3) is 0 Å². The molecule has 0 radical (unpaired) electrons. The number of ether oxygens (including phenoxy) is 1. The average molecular weight is 498 g/mol. The van der Waals surface area contributed by atoms with E-state index in [9.17, 15) is 0 Å². The van der Waals surface area contributed by atoms with Crippen molar-refractivity contribution in [3.8, 4) is 0 Å². The molecule has 0 saturated heterocycles. The van der Waals surface area contributed by atoms with Crippen LogP contribution in [0.2, 0.25) is 0 Å². The molecule has 0 aliphatic rings. The van der Waals surface area contributed by atoms with Crippen molar-refractivity contribution in [2.24, 2.45) is 0 Å². The van der Waals surface area contributed by atoms with Crippen molar-refractivity contribution in [3.05, 3.63) is 0 Å². The summed E-state index contributed by atoms with van der Waals surface area (Å²) >= 11 is 13.6. The number of halogens is 2. The Bertz CT molecular complexity index is 414. The van der Waals surface area contributed by atoms with Crippen LogP contribution in [0.1, 0.15) is 110 Å². The van der Waals surface area contributed by atoms with E-state index in [0.29, 0.717) is 8.97 Å². The molecule has 0 aromatic carbocycles. The Morgan fingerprint density at radius 1 is 0.562 bits per heavy atom.